The number of likely N-dealkylation sites (N-methyl/N-ethyl adjacent to an activating group) is 1. The highest BCUT2D eigenvalue weighted by Crippen LogP contribution is 2.29. The topological polar surface area (TPSA) is 92.5 Å². The quantitative estimate of drug-likeness (QED) is 0.871. The molecule has 0 radical (unpaired) electrons. The molecule has 0 aromatic heterocycles. The third-order valence-electron chi connectivity index (χ3n) is 2.03. The van der Waals surface area contributed by atoms with Gasteiger partial charge in [0.2, 0.25) is 5.91 Å². The number of nitrogens with two attached hydrogens (primary N) is 1. The molecule has 0 saturated heterocycles. The maximum Gasteiger partial charge on any atom is 0.277 e. The monoisotopic (exact) mass is 311 g/mol. The summed E-state index contributed by atoms with van der Waals surface area (Å²) in [4.78, 5) is 11.6. The number of para-hydroxylation sites is 1. The van der Waals surface area contributed by atoms with Gasteiger partial charge >= 0.3 is 0 Å². The summed E-state index contributed by atoms with van der Waals surface area (Å²) >= 11 is 11.7. The van der Waals surface area contributed by atoms with E-state index in [2.05, 4.69) is 5.32 Å². The van der Waals surface area contributed by atoms with Gasteiger partial charge in [0.05, 0.1) is 22.3 Å². The minimum absolute atomic E-state index is 0.230. The van der Waals surface area contributed by atoms with Gasteiger partial charge in [-0.2, -0.15) is 12.7 Å². The van der Waals surface area contributed by atoms with Crippen molar-refractivity contribution in [3.8, 4) is 0 Å². The van der Waals surface area contributed by atoms with Gasteiger partial charge in [-0.15, -0.1) is 0 Å². The fourth-order valence-corrected chi connectivity index (χ4v) is 1.88. The zero-order chi connectivity index (χ0) is 13.9. The predicted molar refractivity (Wildman–Crippen MR) is 70.8 cm³/mol. The van der Waals surface area contributed by atoms with E-state index in [0.717, 1.165) is 0 Å². The fraction of sp³-hybridized carbons (Fsp3) is 0.222. The Morgan fingerprint density at radius 2 is 1.89 bits per heavy atom. The molecule has 0 aliphatic heterocycles. The molecule has 1 aromatic carbocycles. The van der Waals surface area contributed by atoms with Crippen LogP contribution in [0.5, 0.6) is 0 Å². The smallest absolute Gasteiger partial charge is 0.277 e. The minimum atomic E-state index is -3.90. The summed E-state index contributed by atoms with van der Waals surface area (Å²) in [5.41, 5.74) is 0.230. The number of nitrogens with one attached hydrogen (secondary N) is 1. The molecular weight excluding hydrogens is 301 g/mol. The summed E-state index contributed by atoms with van der Waals surface area (Å²) < 4.78 is 22.6. The molecule has 0 unspecified atom stereocenters. The zero-order valence-electron chi connectivity index (χ0n) is 9.35. The van der Waals surface area contributed by atoms with Crippen LogP contribution in [0, 0.1) is 0 Å². The summed E-state index contributed by atoms with van der Waals surface area (Å²) in [5.74, 6) is -0.596. The van der Waals surface area contributed by atoms with Crippen molar-refractivity contribution in [1.29, 1.82) is 0 Å². The van der Waals surface area contributed by atoms with Crippen molar-refractivity contribution in [2.45, 2.75) is 0 Å². The molecule has 1 rings (SSSR count). The lowest BCUT2D eigenvalue weighted by molar-refractivity contribution is -0.116. The number of nitrogens with zero attached hydrogens (tertiary/aromatic N) is 1. The molecular formula is C9H11Cl2N3O3S. The normalized spacial score (nSPS) is 11.6. The van der Waals surface area contributed by atoms with Crippen LogP contribution in [0.1, 0.15) is 0 Å². The van der Waals surface area contributed by atoms with Crippen LogP contribution in [0.4, 0.5) is 5.69 Å². The maximum atomic E-state index is 11.6. The second-order valence-electron chi connectivity index (χ2n) is 3.45. The van der Waals surface area contributed by atoms with Crippen LogP contribution in [0.2, 0.25) is 10.0 Å². The number of carbonyl (C=O) groups excluding carboxylic acids is 1. The summed E-state index contributed by atoms with van der Waals surface area (Å²) in [6.45, 7) is -0.430. The molecule has 0 aliphatic carbocycles. The molecule has 100 valence electrons. The molecule has 3 N–H and O–H groups in total. The van der Waals surface area contributed by atoms with E-state index in [1.807, 2.05) is 0 Å². The van der Waals surface area contributed by atoms with Gasteiger partial charge in [0.25, 0.3) is 10.2 Å². The molecule has 0 atom stereocenters. The standard InChI is InChI=1S/C9H11Cl2N3O3S/c1-14(18(12,16)17)5-8(15)13-9-6(10)3-2-4-7(9)11/h2-4H,5H2,1H3,(H,13,15)(H2,12,16,17). The summed E-state index contributed by atoms with van der Waals surface area (Å²) in [6.07, 6.45) is 0. The molecule has 9 heteroatoms. The van der Waals surface area contributed by atoms with Gasteiger partial charge < -0.3 is 5.32 Å². The Bertz CT molecular complexity index is 542. The lowest BCUT2D eigenvalue weighted by Crippen LogP contribution is -2.39. The van der Waals surface area contributed by atoms with Crippen molar-refractivity contribution in [1.82, 2.24) is 4.31 Å². The van der Waals surface area contributed by atoms with E-state index >= 15 is 0 Å². The molecule has 1 amide bonds. The number of amides is 1. The lowest BCUT2D eigenvalue weighted by Gasteiger charge is -2.14. The zero-order valence-corrected chi connectivity index (χ0v) is 11.7. The Hall–Kier alpha value is -0.860. The first-order valence-electron chi connectivity index (χ1n) is 4.69. The number of rotatable bonds is 4. The number of anilines is 1. The van der Waals surface area contributed by atoms with Crippen molar-refractivity contribution >= 4 is 45.0 Å². The number of benzene rings is 1. The largest absolute Gasteiger partial charge is 0.322 e. The third-order valence-corrected chi connectivity index (χ3v) is 3.66. The van der Waals surface area contributed by atoms with Gasteiger partial charge in [-0.3, -0.25) is 4.79 Å². The van der Waals surface area contributed by atoms with E-state index in [0.29, 0.717) is 4.31 Å². The Morgan fingerprint density at radius 1 is 1.39 bits per heavy atom. The SMILES string of the molecule is CN(CC(=O)Nc1c(Cl)cccc1Cl)S(N)(=O)=O. The van der Waals surface area contributed by atoms with Crippen LogP contribution in [-0.2, 0) is 15.0 Å². The van der Waals surface area contributed by atoms with Crippen molar-refractivity contribution in [2.24, 2.45) is 5.14 Å². The molecule has 0 fully saturated rings. The van der Waals surface area contributed by atoms with Crippen LogP contribution in [0.3, 0.4) is 0 Å². The third kappa shape index (κ3) is 4.11. The number of hydrogen-bond donors (Lipinski definition) is 2. The first kappa shape index (κ1) is 15.2. The van der Waals surface area contributed by atoms with Crippen LogP contribution < -0.4 is 10.5 Å². The van der Waals surface area contributed by atoms with E-state index < -0.39 is 22.7 Å². The van der Waals surface area contributed by atoms with Crippen LogP contribution in [-0.4, -0.2) is 32.2 Å². The first-order chi connectivity index (χ1) is 8.21. The van der Waals surface area contributed by atoms with Gasteiger partial charge in [-0.05, 0) is 12.1 Å². The van der Waals surface area contributed by atoms with E-state index in [1.54, 1.807) is 18.2 Å². The van der Waals surface area contributed by atoms with Gasteiger partial charge in [-0.25, -0.2) is 5.14 Å². The summed E-state index contributed by atoms with van der Waals surface area (Å²) in [6, 6.07) is 4.72. The number of carbonyl (C=O) groups is 1. The average molecular weight is 312 g/mol. The van der Waals surface area contributed by atoms with Crippen molar-refractivity contribution in [2.75, 3.05) is 18.9 Å². The molecule has 1 aromatic rings. The van der Waals surface area contributed by atoms with Crippen LogP contribution in [0.15, 0.2) is 18.2 Å². The van der Waals surface area contributed by atoms with Gasteiger partial charge in [0, 0.05) is 7.05 Å². The van der Waals surface area contributed by atoms with Crippen LogP contribution >= 0.6 is 23.2 Å². The molecule has 18 heavy (non-hydrogen) atoms. The molecule has 0 saturated carbocycles. The van der Waals surface area contributed by atoms with E-state index in [4.69, 9.17) is 28.3 Å². The number of hydrogen-bond acceptors (Lipinski definition) is 3. The Morgan fingerprint density at radius 3 is 2.33 bits per heavy atom. The second-order valence-corrected chi connectivity index (χ2v) is 5.91. The van der Waals surface area contributed by atoms with E-state index in [1.165, 1.54) is 7.05 Å². The van der Waals surface area contributed by atoms with E-state index in [9.17, 15) is 13.2 Å². The molecule has 0 bridgehead atoms. The van der Waals surface area contributed by atoms with Crippen molar-refractivity contribution in [3.05, 3.63) is 28.2 Å². The number of halogens is 2. The highest BCUT2D eigenvalue weighted by Gasteiger charge is 2.17. The molecule has 0 heterocycles. The van der Waals surface area contributed by atoms with Gasteiger partial charge in [-0.1, -0.05) is 29.3 Å². The lowest BCUT2D eigenvalue weighted by atomic mass is 10.3. The second kappa shape index (κ2) is 5.85. The first-order valence-corrected chi connectivity index (χ1v) is 6.95. The predicted octanol–water partition coefficient (Wildman–Crippen LogP) is 1.07. The highest BCUT2D eigenvalue weighted by atomic mass is 35.5. The van der Waals surface area contributed by atoms with Crippen molar-refractivity contribution < 1.29 is 13.2 Å². The highest BCUT2D eigenvalue weighted by molar-refractivity contribution is 7.86. The van der Waals surface area contributed by atoms with Crippen molar-refractivity contribution in [3.63, 3.8) is 0 Å². The molecule has 0 spiro atoms. The Kier molecular flexibility index (Phi) is 4.94. The summed E-state index contributed by atoms with van der Waals surface area (Å²) in [7, 11) is -2.72. The van der Waals surface area contributed by atoms with Gasteiger partial charge in [0.15, 0.2) is 0 Å². The Balaban J connectivity index is 2.78. The fourth-order valence-electron chi connectivity index (χ4n) is 1.09. The minimum Gasteiger partial charge on any atom is -0.322 e. The summed E-state index contributed by atoms with van der Waals surface area (Å²) in [5, 5.41) is 7.78. The van der Waals surface area contributed by atoms with E-state index in [-0.39, 0.29) is 15.7 Å². The molecule has 0 aliphatic rings. The average Bonchev–Trinajstić information content (AvgIpc) is 2.22. The van der Waals surface area contributed by atoms with Crippen LogP contribution in [0.25, 0.3) is 0 Å². The molecule has 6 nitrogen and oxygen atoms in total. The Labute approximate surface area is 115 Å². The maximum absolute atomic E-state index is 11.6. The van der Waals surface area contributed by atoms with Gasteiger partial charge in [0.1, 0.15) is 0 Å².